The molecule has 2 N–H and O–H groups in total. The van der Waals surface area contributed by atoms with Gasteiger partial charge in [0.05, 0.1) is 22.1 Å². The van der Waals surface area contributed by atoms with Crippen molar-refractivity contribution in [1.82, 2.24) is 15.0 Å². The van der Waals surface area contributed by atoms with E-state index in [0.29, 0.717) is 38.9 Å². The SMILES string of the molecule is Cc1ccc(Oc2ccc(Nc3ncnc4cccc(O)c34)cc2Cl)cn1. The van der Waals surface area contributed by atoms with Crippen molar-refractivity contribution in [3.8, 4) is 17.2 Å². The third-order valence-electron chi connectivity index (χ3n) is 3.95. The number of aryl methyl sites for hydroxylation is 1. The average molecular weight is 379 g/mol. The van der Waals surface area contributed by atoms with Gasteiger partial charge in [-0.15, -0.1) is 0 Å². The fraction of sp³-hybridized carbons (Fsp3) is 0.0500. The van der Waals surface area contributed by atoms with Gasteiger partial charge in [-0.25, -0.2) is 9.97 Å². The van der Waals surface area contributed by atoms with Gasteiger partial charge in [0.25, 0.3) is 0 Å². The molecule has 0 atom stereocenters. The molecule has 0 aliphatic rings. The van der Waals surface area contributed by atoms with Gasteiger partial charge in [-0.1, -0.05) is 17.7 Å². The molecule has 6 nitrogen and oxygen atoms in total. The molecule has 7 heteroatoms. The van der Waals surface area contributed by atoms with Crippen LogP contribution in [0.4, 0.5) is 11.5 Å². The lowest BCUT2D eigenvalue weighted by Gasteiger charge is -2.12. The Kier molecular flexibility index (Phi) is 4.48. The number of aromatic nitrogens is 3. The highest BCUT2D eigenvalue weighted by molar-refractivity contribution is 6.32. The van der Waals surface area contributed by atoms with Crippen molar-refractivity contribution in [1.29, 1.82) is 0 Å². The molecule has 0 saturated carbocycles. The normalized spacial score (nSPS) is 10.7. The highest BCUT2D eigenvalue weighted by Gasteiger charge is 2.10. The monoisotopic (exact) mass is 378 g/mol. The Labute approximate surface area is 160 Å². The second kappa shape index (κ2) is 7.09. The van der Waals surface area contributed by atoms with E-state index >= 15 is 0 Å². The van der Waals surface area contributed by atoms with Crippen LogP contribution in [0.25, 0.3) is 10.9 Å². The van der Waals surface area contributed by atoms with Crippen molar-refractivity contribution < 1.29 is 9.84 Å². The quantitative estimate of drug-likeness (QED) is 0.506. The Morgan fingerprint density at radius 3 is 2.70 bits per heavy atom. The predicted molar refractivity (Wildman–Crippen MR) is 105 cm³/mol. The van der Waals surface area contributed by atoms with E-state index in [2.05, 4.69) is 20.3 Å². The maximum atomic E-state index is 10.1. The second-order valence-corrected chi connectivity index (χ2v) is 6.31. The van der Waals surface area contributed by atoms with Gasteiger partial charge in [-0.3, -0.25) is 4.98 Å². The van der Waals surface area contributed by atoms with Crippen LogP contribution in [0.5, 0.6) is 17.2 Å². The predicted octanol–water partition coefficient (Wildman–Crippen LogP) is 5.23. The highest BCUT2D eigenvalue weighted by atomic mass is 35.5. The van der Waals surface area contributed by atoms with Crippen molar-refractivity contribution in [3.63, 3.8) is 0 Å². The minimum atomic E-state index is 0.105. The molecule has 0 aliphatic heterocycles. The van der Waals surface area contributed by atoms with Crippen LogP contribution in [0.1, 0.15) is 5.69 Å². The van der Waals surface area contributed by atoms with Crippen LogP contribution >= 0.6 is 11.6 Å². The lowest BCUT2D eigenvalue weighted by atomic mass is 10.2. The summed E-state index contributed by atoms with van der Waals surface area (Å²) in [4.78, 5) is 12.6. The zero-order valence-electron chi connectivity index (χ0n) is 14.3. The summed E-state index contributed by atoms with van der Waals surface area (Å²) in [5.41, 5.74) is 2.26. The van der Waals surface area contributed by atoms with Crippen LogP contribution in [0.2, 0.25) is 5.02 Å². The first kappa shape index (κ1) is 17.1. The van der Waals surface area contributed by atoms with E-state index < -0.39 is 0 Å². The van der Waals surface area contributed by atoms with E-state index in [1.807, 2.05) is 25.1 Å². The number of rotatable bonds is 4. The molecule has 4 aromatic rings. The molecule has 2 aromatic heterocycles. The molecular weight excluding hydrogens is 364 g/mol. The summed E-state index contributed by atoms with van der Waals surface area (Å²) >= 11 is 6.36. The van der Waals surface area contributed by atoms with E-state index in [4.69, 9.17) is 16.3 Å². The molecule has 2 aromatic carbocycles. The Bertz CT molecular complexity index is 1110. The number of anilines is 2. The van der Waals surface area contributed by atoms with Gasteiger partial charge >= 0.3 is 0 Å². The number of pyridine rings is 1. The van der Waals surface area contributed by atoms with Crippen LogP contribution in [-0.4, -0.2) is 20.1 Å². The summed E-state index contributed by atoms with van der Waals surface area (Å²) < 4.78 is 5.77. The van der Waals surface area contributed by atoms with Crippen molar-refractivity contribution in [2.75, 3.05) is 5.32 Å². The minimum absolute atomic E-state index is 0.105. The highest BCUT2D eigenvalue weighted by Crippen LogP contribution is 2.34. The van der Waals surface area contributed by atoms with Gasteiger partial charge < -0.3 is 15.2 Å². The summed E-state index contributed by atoms with van der Waals surface area (Å²) in [6.45, 7) is 1.91. The standard InChI is InChI=1S/C20H15ClN4O2/c1-12-5-7-14(10-22-12)27-18-8-6-13(9-15(18)21)25-20-19-16(23-11-24-20)3-2-4-17(19)26/h2-11,26H,1H3,(H,23,24,25). The number of ether oxygens (including phenoxy) is 1. The number of phenolic OH excluding ortho intramolecular Hbond substituents is 1. The molecule has 0 unspecified atom stereocenters. The second-order valence-electron chi connectivity index (χ2n) is 5.90. The smallest absolute Gasteiger partial charge is 0.146 e. The van der Waals surface area contributed by atoms with Crippen LogP contribution < -0.4 is 10.1 Å². The van der Waals surface area contributed by atoms with Gasteiger partial charge in [-0.2, -0.15) is 0 Å². The van der Waals surface area contributed by atoms with Crippen molar-refractivity contribution in [2.24, 2.45) is 0 Å². The summed E-state index contributed by atoms with van der Waals surface area (Å²) in [6.07, 6.45) is 3.08. The number of benzene rings is 2. The van der Waals surface area contributed by atoms with E-state index in [1.54, 1.807) is 36.5 Å². The molecule has 0 spiro atoms. The van der Waals surface area contributed by atoms with Crippen LogP contribution in [0.15, 0.2) is 61.1 Å². The van der Waals surface area contributed by atoms with E-state index in [9.17, 15) is 5.11 Å². The summed E-state index contributed by atoms with van der Waals surface area (Å²) in [6, 6.07) is 14.1. The van der Waals surface area contributed by atoms with Gasteiger partial charge in [-0.05, 0) is 49.4 Å². The van der Waals surface area contributed by atoms with Crippen LogP contribution in [0.3, 0.4) is 0 Å². The summed E-state index contributed by atoms with van der Waals surface area (Å²) in [5.74, 6) is 1.72. The third-order valence-corrected chi connectivity index (χ3v) is 4.24. The Morgan fingerprint density at radius 1 is 1.04 bits per heavy atom. The fourth-order valence-corrected chi connectivity index (χ4v) is 2.85. The number of aromatic hydroxyl groups is 1. The molecular formula is C20H15ClN4O2. The summed E-state index contributed by atoms with van der Waals surface area (Å²) in [5, 5.41) is 14.3. The van der Waals surface area contributed by atoms with Crippen LogP contribution in [-0.2, 0) is 0 Å². The molecule has 4 rings (SSSR count). The maximum Gasteiger partial charge on any atom is 0.146 e. The maximum absolute atomic E-state index is 10.1. The lowest BCUT2D eigenvalue weighted by molar-refractivity contribution is 0.480. The first-order valence-corrected chi connectivity index (χ1v) is 8.58. The number of phenols is 1. The van der Waals surface area contributed by atoms with Gasteiger partial charge in [0, 0.05) is 11.4 Å². The van der Waals surface area contributed by atoms with Gasteiger partial charge in [0.2, 0.25) is 0 Å². The number of nitrogens with one attached hydrogen (secondary N) is 1. The number of fused-ring (bicyclic) bond motifs is 1. The molecule has 0 radical (unpaired) electrons. The molecule has 2 heterocycles. The molecule has 134 valence electrons. The first-order valence-electron chi connectivity index (χ1n) is 8.20. The zero-order valence-corrected chi connectivity index (χ0v) is 15.1. The van der Waals surface area contributed by atoms with E-state index in [-0.39, 0.29) is 5.75 Å². The molecule has 0 aliphatic carbocycles. The number of hydrogen-bond donors (Lipinski definition) is 2. The van der Waals surface area contributed by atoms with Crippen molar-refractivity contribution in [3.05, 3.63) is 71.8 Å². The van der Waals surface area contributed by atoms with Gasteiger partial charge in [0.15, 0.2) is 0 Å². The zero-order chi connectivity index (χ0) is 18.8. The molecule has 0 fully saturated rings. The Balaban J connectivity index is 1.61. The van der Waals surface area contributed by atoms with E-state index in [1.165, 1.54) is 6.33 Å². The lowest BCUT2D eigenvalue weighted by Crippen LogP contribution is -1.96. The minimum Gasteiger partial charge on any atom is -0.507 e. The number of hydrogen-bond acceptors (Lipinski definition) is 6. The summed E-state index contributed by atoms with van der Waals surface area (Å²) in [7, 11) is 0. The molecule has 27 heavy (non-hydrogen) atoms. The fourth-order valence-electron chi connectivity index (χ4n) is 2.63. The van der Waals surface area contributed by atoms with Gasteiger partial charge in [0.1, 0.15) is 29.4 Å². The molecule has 0 saturated heterocycles. The van der Waals surface area contributed by atoms with E-state index in [0.717, 1.165) is 5.69 Å². The Hall–Kier alpha value is -3.38. The number of halogens is 1. The van der Waals surface area contributed by atoms with Crippen LogP contribution in [0, 0.1) is 6.92 Å². The number of nitrogens with zero attached hydrogens (tertiary/aromatic N) is 3. The largest absolute Gasteiger partial charge is 0.507 e. The topological polar surface area (TPSA) is 80.2 Å². The Morgan fingerprint density at radius 2 is 1.93 bits per heavy atom. The average Bonchev–Trinajstić information content (AvgIpc) is 2.66. The molecule has 0 bridgehead atoms. The van der Waals surface area contributed by atoms with Crippen molar-refractivity contribution >= 4 is 34.0 Å². The first-order chi connectivity index (χ1) is 13.1. The third kappa shape index (κ3) is 3.61. The van der Waals surface area contributed by atoms with Crippen molar-refractivity contribution in [2.45, 2.75) is 6.92 Å². The molecule has 0 amide bonds.